The van der Waals surface area contributed by atoms with E-state index in [-0.39, 0.29) is 21.6 Å². The minimum absolute atomic E-state index is 0.0946. The average molecular weight is 431 g/mol. The van der Waals surface area contributed by atoms with E-state index in [1.165, 1.54) is 10.6 Å². The molecule has 3 rings (SSSR count). The van der Waals surface area contributed by atoms with Gasteiger partial charge in [0.15, 0.2) is 5.82 Å². The Balaban J connectivity index is 2.21. The lowest BCUT2D eigenvalue weighted by atomic mass is 10.1. The summed E-state index contributed by atoms with van der Waals surface area (Å²) in [6.07, 6.45) is 3.22. The molecule has 3 heterocycles. The average Bonchev–Trinajstić information content (AvgIpc) is 2.61. The molecule has 0 bridgehead atoms. The minimum Gasteiger partial charge on any atom is -0.506 e. The predicted molar refractivity (Wildman–Crippen MR) is 105 cm³/mol. The number of rotatable bonds is 3. The molecule has 3 aromatic heterocycles. The zero-order valence-corrected chi connectivity index (χ0v) is 16.9. The molecule has 0 aromatic carbocycles. The van der Waals surface area contributed by atoms with Crippen LogP contribution >= 0.6 is 15.9 Å². The van der Waals surface area contributed by atoms with E-state index >= 15 is 0 Å². The van der Waals surface area contributed by atoms with Gasteiger partial charge in [-0.1, -0.05) is 0 Å². The summed E-state index contributed by atoms with van der Waals surface area (Å²) in [5.74, 6) is 0.177. The van der Waals surface area contributed by atoms with Gasteiger partial charge in [-0.25, -0.2) is 9.97 Å². The van der Waals surface area contributed by atoms with E-state index in [4.69, 9.17) is 0 Å². The normalized spacial score (nSPS) is 11.6. The van der Waals surface area contributed by atoms with Crippen molar-refractivity contribution in [2.45, 2.75) is 33.3 Å². The summed E-state index contributed by atoms with van der Waals surface area (Å²) >= 11 is 3.13. The maximum atomic E-state index is 12.7. The molecule has 2 N–H and O–H groups in total. The fraction of sp³-hybridized carbons (Fsp3) is 0.263. The van der Waals surface area contributed by atoms with Crippen LogP contribution in [0, 0.1) is 13.8 Å². The van der Waals surface area contributed by atoms with Crippen LogP contribution in [0.5, 0.6) is 5.75 Å². The van der Waals surface area contributed by atoms with E-state index in [9.17, 15) is 15.0 Å². The van der Waals surface area contributed by atoms with Crippen molar-refractivity contribution in [3.8, 4) is 22.8 Å². The van der Waals surface area contributed by atoms with Crippen molar-refractivity contribution in [2.24, 2.45) is 0 Å². The van der Waals surface area contributed by atoms with Gasteiger partial charge >= 0.3 is 0 Å². The molecule has 0 aliphatic rings. The fourth-order valence-corrected chi connectivity index (χ4v) is 2.98. The quantitative estimate of drug-likeness (QED) is 0.661. The highest BCUT2D eigenvalue weighted by Crippen LogP contribution is 2.26. The Labute approximate surface area is 164 Å². The van der Waals surface area contributed by atoms with Gasteiger partial charge in [-0.2, -0.15) is 0 Å². The Morgan fingerprint density at radius 2 is 1.85 bits per heavy atom. The van der Waals surface area contributed by atoms with Crippen LogP contribution in [0.3, 0.4) is 0 Å². The standard InChI is InChI=1S/C19H19BrN4O3/c1-10-9-22-13(12-5-6-21-18(23-12)19(3,4)27)8-14(10)24-11(2)7-15(25)16(20)17(24)26/h5-9,25,27H,1-4H3. The Kier molecular flexibility index (Phi) is 4.88. The Hall–Kier alpha value is -2.58. The second-order valence-electron chi connectivity index (χ2n) is 6.81. The van der Waals surface area contributed by atoms with Crippen molar-refractivity contribution in [1.29, 1.82) is 0 Å². The van der Waals surface area contributed by atoms with Crippen LogP contribution in [0.4, 0.5) is 0 Å². The molecule has 0 saturated carbocycles. The number of hydrogen-bond donors (Lipinski definition) is 2. The Bertz CT molecular complexity index is 1090. The lowest BCUT2D eigenvalue weighted by molar-refractivity contribution is 0.0688. The van der Waals surface area contributed by atoms with Gasteiger partial charge in [0, 0.05) is 24.2 Å². The maximum Gasteiger partial charge on any atom is 0.273 e. The smallest absolute Gasteiger partial charge is 0.273 e. The van der Waals surface area contributed by atoms with E-state index in [1.807, 2.05) is 6.92 Å². The number of pyridine rings is 2. The first kappa shape index (κ1) is 19.2. The van der Waals surface area contributed by atoms with E-state index in [0.717, 1.165) is 5.56 Å². The molecule has 0 spiro atoms. The van der Waals surface area contributed by atoms with Crippen LogP contribution in [-0.2, 0) is 5.60 Å². The predicted octanol–water partition coefficient (Wildman–Crippen LogP) is 3.00. The first-order valence-corrected chi connectivity index (χ1v) is 9.03. The molecule has 27 heavy (non-hydrogen) atoms. The summed E-state index contributed by atoms with van der Waals surface area (Å²) in [6.45, 7) is 6.80. The maximum absolute atomic E-state index is 12.7. The highest BCUT2D eigenvalue weighted by Gasteiger charge is 2.21. The molecule has 140 valence electrons. The Morgan fingerprint density at radius 3 is 2.52 bits per heavy atom. The SMILES string of the molecule is Cc1cnc(-c2ccnc(C(C)(C)O)n2)cc1-n1c(C)cc(O)c(Br)c1=O. The first-order valence-electron chi connectivity index (χ1n) is 8.24. The molecule has 0 aliphatic carbocycles. The molecule has 3 aromatic rings. The van der Waals surface area contributed by atoms with E-state index in [0.29, 0.717) is 22.8 Å². The van der Waals surface area contributed by atoms with Crippen LogP contribution in [0.1, 0.15) is 30.9 Å². The highest BCUT2D eigenvalue weighted by molar-refractivity contribution is 9.10. The van der Waals surface area contributed by atoms with Crippen LogP contribution < -0.4 is 5.56 Å². The molecule has 7 nitrogen and oxygen atoms in total. The number of nitrogens with zero attached hydrogens (tertiary/aromatic N) is 4. The third-order valence-corrected chi connectivity index (χ3v) is 4.84. The van der Waals surface area contributed by atoms with Gasteiger partial charge in [0.2, 0.25) is 0 Å². The van der Waals surface area contributed by atoms with Crippen LogP contribution in [0.25, 0.3) is 17.1 Å². The molecular formula is C19H19BrN4O3. The summed E-state index contributed by atoms with van der Waals surface area (Å²) < 4.78 is 1.60. The summed E-state index contributed by atoms with van der Waals surface area (Å²) in [4.78, 5) is 25.6. The van der Waals surface area contributed by atoms with Crippen molar-refractivity contribution < 1.29 is 10.2 Å². The van der Waals surface area contributed by atoms with Gasteiger partial charge in [0.25, 0.3) is 5.56 Å². The number of halogens is 1. The molecule has 0 fully saturated rings. The number of aryl methyl sites for hydroxylation is 2. The molecule has 0 saturated heterocycles. The van der Waals surface area contributed by atoms with Crippen molar-refractivity contribution in [3.63, 3.8) is 0 Å². The molecule has 0 amide bonds. The molecule has 8 heteroatoms. The lowest BCUT2D eigenvalue weighted by Gasteiger charge is -2.17. The van der Waals surface area contributed by atoms with Crippen molar-refractivity contribution in [1.82, 2.24) is 19.5 Å². The largest absolute Gasteiger partial charge is 0.506 e. The second kappa shape index (κ2) is 6.86. The van der Waals surface area contributed by atoms with Crippen LogP contribution in [-0.4, -0.2) is 29.7 Å². The molecule has 0 unspecified atom stereocenters. The summed E-state index contributed by atoms with van der Waals surface area (Å²) in [5, 5.41) is 20.0. The van der Waals surface area contributed by atoms with Gasteiger partial charge in [-0.3, -0.25) is 14.3 Å². The number of aliphatic hydroxyl groups is 1. The van der Waals surface area contributed by atoms with Gasteiger partial charge in [-0.15, -0.1) is 0 Å². The minimum atomic E-state index is -1.18. The molecule has 0 radical (unpaired) electrons. The summed E-state index contributed by atoms with van der Waals surface area (Å²) in [7, 11) is 0. The first-order chi connectivity index (χ1) is 12.6. The van der Waals surface area contributed by atoms with Crippen molar-refractivity contribution >= 4 is 15.9 Å². The fourth-order valence-electron chi connectivity index (χ4n) is 2.68. The third kappa shape index (κ3) is 3.63. The zero-order valence-electron chi connectivity index (χ0n) is 15.4. The Morgan fingerprint density at radius 1 is 1.15 bits per heavy atom. The van der Waals surface area contributed by atoms with Gasteiger partial charge in [0.05, 0.1) is 17.1 Å². The summed E-state index contributed by atoms with van der Waals surface area (Å²) in [5.41, 5.74) is 1.53. The van der Waals surface area contributed by atoms with Gasteiger partial charge in [-0.05, 0) is 61.3 Å². The molecule has 0 atom stereocenters. The van der Waals surface area contributed by atoms with Gasteiger partial charge in [0.1, 0.15) is 15.8 Å². The lowest BCUT2D eigenvalue weighted by Crippen LogP contribution is -2.22. The number of hydrogen-bond acceptors (Lipinski definition) is 6. The monoisotopic (exact) mass is 430 g/mol. The van der Waals surface area contributed by atoms with Gasteiger partial charge < -0.3 is 10.2 Å². The van der Waals surface area contributed by atoms with Crippen molar-refractivity contribution in [2.75, 3.05) is 0 Å². The number of aromatic nitrogens is 4. The van der Waals surface area contributed by atoms with Crippen LogP contribution in [0.2, 0.25) is 0 Å². The van der Waals surface area contributed by atoms with E-state index in [1.54, 1.807) is 45.3 Å². The van der Waals surface area contributed by atoms with Crippen LogP contribution in [0.15, 0.2) is 39.9 Å². The highest BCUT2D eigenvalue weighted by atomic mass is 79.9. The summed E-state index contributed by atoms with van der Waals surface area (Å²) in [6, 6.07) is 4.96. The third-order valence-electron chi connectivity index (χ3n) is 4.09. The van der Waals surface area contributed by atoms with Crippen molar-refractivity contribution in [3.05, 3.63) is 62.5 Å². The zero-order chi connectivity index (χ0) is 19.9. The topological polar surface area (TPSA) is 101 Å². The molecular weight excluding hydrogens is 412 g/mol. The van der Waals surface area contributed by atoms with E-state index in [2.05, 4.69) is 30.9 Å². The number of aromatic hydroxyl groups is 1. The molecule has 0 aliphatic heterocycles. The second-order valence-corrected chi connectivity index (χ2v) is 7.60. The van der Waals surface area contributed by atoms with E-state index < -0.39 is 5.60 Å².